The predicted molar refractivity (Wildman–Crippen MR) is 128 cm³/mol. The van der Waals surface area contributed by atoms with Crippen molar-refractivity contribution in [1.82, 2.24) is 4.90 Å². The van der Waals surface area contributed by atoms with Crippen LogP contribution in [-0.2, 0) is 13.2 Å². The SMILES string of the molecule is COc1cc(CN2CCN(c3ccccc3Cl)CC2)c(Cl)cc1OCc1ccccc1. The van der Waals surface area contributed by atoms with Crippen LogP contribution in [0, 0.1) is 0 Å². The number of hydrogen-bond acceptors (Lipinski definition) is 4. The van der Waals surface area contributed by atoms with Crippen molar-refractivity contribution in [3.8, 4) is 11.5 Å². The Labute approximate surface area is 193 Å². The normalized spacial score (nSPS) is 14.5. The number of methoxy groups -OCH3 is 1. The van der Waals surface area contributed by atoms with Crippen LogP contribution >= 0.6 is 23.2 Å². The smallest absolute Gasteiger partial charge is 0.163 e. The Bertz CT molecular complexity index is 1010. The van der Waals surface area contributed by atoms with Crippen LogP contribution in [0.1, 0.15) is 11.1 Å². The van der Waals surface area contributed by atoms with Crippen molar-refractivity contribution in [3.63, 3.8) is 0 Å². The molecule has 31 heavy (non-hydrogen) atoms. The lowest BCUT2D eigenvalue weighted by Gasteiger charge is -2.36. The highest BCUT2D eigenvalue weighted by Crippen LogP contribution is 2.35. The van der Waals surface area contributed by atoms with Gasteiger partial charge in [-0.15, -0.1) is 0 Å². The maximum atomic E-state index is 6.61. The maximum Gasteiger partial charge on any atom is 0.163 e. The van der Waals surface area contributed by atoms with Gasteiger partial charge in [0.2, 0.25) is 0 Å². The third kappa shape index (κ3) is 5.45. The Hall–Kier alpha value is -2.40. The highest BCUT2D eigenvalue weighted by atomic mass is 35.5. The van der Waals surface area contributed by atoms with Gasteiger partial charge in [-0.2, -0.15) is 0 Å². The molecule has 4 rings (SSSR count). The van der Waals surface area contributed by atoms with Crippen LogP contribution in [0.3, 0.4) is 0 Å². The fourth-order valence-corrected chi connectivity index (χ4v) is 4.27. The van der Waals surface area contributed by atoms with E-state index >= 15 is 0 Å². The summed E-state index contributed by atoms with van der Waals surface area (Å²) in [6.45, 7) is 4.97. The summed E-state index contributed by atoms with van der Waals surface area (Å²) < 4.78 is 11.6. The minimum atomic E-state index is 0.469. The zero-order chi connectivity index (χ0) is 21.6. The average Bonchev–Trinajstić information content (AvgIpc) is 2.81. The summed E-state index contributed by atoms with van der Waals surface area (Å²) in [4.78, 5) is 4.74. The first-order valence-corrected chi connectivity index (χ1v) is 11.1. The highest BCUT2D eigenvalue weighted by Gasteiger charge is 2.20. The molecule has 1 aliphatic rings. The van der Waals surface area contributed by atoms with Gasteiger partial charge in [0.1, 0.15) is 6.61 Å². The lowest BCUT2D eigenvalue weighted by molar-refractivity contribution is 0.248. The molecule has 3 aromatic carbocycles. The zero-order valence-corrected chi connectivity index (χ0v) is 19.1. The van der Waals surface area contributed by atoms with Crippen LogP contribution in [0.2, 0.25) is 10.0 Å². The minimum Gasteiger partial charge on any atom is -0.493 e. The van der Waals surface area contributed by atoms with Crippen LogP contribution < -0.4 is 14.4 Å². The zero-order valence-electron chi connectivity index (χ0n) is 17.6. The van der Waals surface area contributed by atoms with Crippen LogP contribution in [0.5, 0.6) is 11.5 Å². The average molecular weight is 457 g/mol. The summed E-state index contributed by atoms with van der Waals surface area (Å²) in [5, 5.41) is 1.49. The Balaban J connectivity index is 1.39. The molecule has 1 fully saturated rings. The summed E-state index contributed by atoms with van der Waals surface area (Å²) in [5.74, 6) is 1.36. The number of anilines is 1. The molecule has 3 aromatic rings. The van der Waals surface area contributed by atoms with Gasteiger partial charge in [-0.1, -0.05) is 65.7 Å². The second kappa shape index (κ2) is 10.3. The van der Waals surface area contributed by atoms with E-state index in [0.717, 1.165) is 54.6 Å². The lowest BCUT2D eigenvalue weighted by Crippen LogP contribution is -2.46. The summed E-state index contributed by atoms with van der Waals surface area (Å²) in [7, 11) is 1.66. The van der Waals surface area contributed by atoms with E-state index in [4.69, 9.17) is 32.7 Å². The number of piperazine rings is 1. The van der Waals surface area contributed by atoms with Crippen LogP contribution in [0.4, 0.5) is 5.69 Å². The van der Waals surface area contributed by atoms with Gasteiger partial charge < -0.3 is 14.4 Å². The molecule has 0 bridgehead atoms. The van der Waals surface area contributed by atoms with Crippen molar-refractivity contribution in [2.24, 2.45) is 0 Å². The van der Waals surface area contributed by atoms with E-state index in [1.54, 1.807) is 7.11 Å². The van der Waals surface area contributed by atoms with Crippen molar-refractivity contribution < 1.29 is 9.47 Å². The number of ether oxygens (including phenoxy) is 2. The van der Waals surface area contributed by atoms with E-state index in [1.807, 2.05) is 60.7 Å². The van der Waals surface area contributed by atoms with Crippen molar-refractivity contribution in [2.75, 3.05) is 38.2 Å². The Morgan fingerprint density at radius 1 is 0.806 bits per heavy atom. The summed E-state index contributed by atoms with van der Waals surface area (Å²) in [6.07, 6.45) is 0. The molecule has 0 unspecified atom stereocenters. The molecule has 1 saturated heterocycles. The number of halogens is 2. The standard InChI is InChI=1S/C25H26Cl2N2O2/c1-30-24-15-20(22(27)16-25(24)31-18-19-7-3-2-4-8-19)17-28-11-13-29(14-12-28)23-10-6-5-9-21(23)26/h2-10,15-16H,11-14,17-18H2,1H3. The quantitative estimate of drug-likeness (QED) is 0.441. The van der Waals surface area contributed by atoms with Crippen LogP contribution in [0.15, 0.2) is 66.7 Å². The molecule has 162 valence electrons. The van der Waals surface area contributed by atoms with Gasteiger partial charge in [0.25, 0.3) is 0 Å². The van der Waals surface area contributed by atoms with Gasteiger partial charge in [-0.3, -0.25) is 4.90 Å². The maximum absolute atomic E-state index is 6.61. The first-order chi connectivity index (χ1) is 15.1. The van der Waals surface area contributed by atoms with Gasteiger partial charge in [0.05, 0.1) is 17.8 Å². The Morgan fingerprint density at radius 3 is 2.23 bits per heavy atom. The second-order valence-corrected chi connectivity index (χ2v) is 8.40. The van der Waals surface area contributed by atoms with Crippen molar-refractivity contribution >= 4 is 28.9 Å². The largest absolute Gasteiger partial charge is 0.493 e. The van der Waals surface area contributed by atoms with Crippen molar-refractivity contribution in [3.05, 3.63) is 87.9 Å². The predicted octanol–water partition coefficient (Wildman–Crippen LogP) is 5.90. The number of hydrogen-bond donors (Lipinski definition) is 0. The molecular weight excluding hydrogens is 431 g/mol. The molecule has 0 aliphatic carbocycles. The molecule has 0 amide bonds. The Morgan fingerprint density at radius 2 is 1.52 bits per heavy atom. The molecule has 1 heterocycles. The number of rotatable bonds is 7. The van der Waals surface area contributed by atoms with Gasteiger partial charge in [0.15, 0.2) is 11.5 Å². The van der Waals surface area contributed by atoms with Gasteiger partial charge >= 0.3 is 0 Å². The fraction of sp³-hybridized carbons (Fsp3) is 0.280. The van der Waals surface area contributed by atoms with Crippen molar-refractivity contribution in [2.45, 2.75) is 13.2 Å². The number of benzene rings is 3. The summed E-state index contributed by atoms with van der Waals surface area (Å²) in [5.41, 5.74) is 3.24. The number of para-hydroxylation sites is 1. The monoisotopic (exact) mass is 456 g/mol. The molecule has 1 aliphatic heterocycles. The summed E-state index contributed by atoms with van der Waals surface area (Å²) >= 11 is 13.0. The van der Waals surface area contributed by atoms with Gasteiger partial charge in [-0.05, 0) is 29.3 Å². The molecule has 0 spiro atoms. The number of nitrogens with zero attached hydrogens (tertiary/aromatic N) is 2. The van der Waals surface area contributed by atoms with E-state index < -0.39 is 0 Å². The van der Waals surface area contributed by atoms with E-state index in [1.165, 1.54) is 0 Å². The van der Waals surface area contributed by atoms with E-state index in [2.05, 4.69) is 15.9 Å². The molecule has 0 radical (unpaired) electrons. The topological polar surface area (TPSA) is 24.9 Å². The van der Waals surface area contributed by atoms with Crippen molar-refractivity contribution in [1.29, 1.82) is 0 Å². The fourth-order valence-electron chi connectivity index (χ4n) is 3.80. The minimum absolute atomic E-state index is 0.469. The van der Waals surface area contributed by atoms with E-state index in [-0.39, 0.29) is 0 Å². The second-order valence-electron chi connectivity index (χ2n) is 7.58. The summed E-state index contributed by atoms with van der Waals surface area (Å²) in [6, 6.07) is 21.9. The first-order valence-electron chi connectivity index (χ1n) is 10.4. The molecule has 0 atom stereocenters. The molecular formula is C25H26Cl2N2O2. The third-order valence-electron chi connectivity index (χ3n) is 5.53. The third-order valence-corrected chi connectivity index (χ3v) is 6.20. The van der Waals surface area contributed by atoms with E-state index in [0.29, 0.717) is 23.1 Å². The Kier molecular flexibility index (Phi) is 7.23. The molecule has 0 aromatic heterocycles. The molecule has 0 saturated carbocycles. The molecule has 0 N–H and O–H groups in total. The molecule has 6 heteroatoms. The van der Waals surface area contributed by atoms with Gasteiger partial charge in [-0.25, -0.2) is 0 Å². The highest BCUT2D eigenvalue weighted by molar-refractivity contribution is 6.33. The lowest BCUT2D eigenvalue weighted by atomic mass is 10.1. The van der Waals surface area contributed by atoms with E-state index in [9.17, 15) is 0 Å². The first kappa shape index (κ1) is 21.8. The van der Waals surface area contributed by atoms with Gasteiger partial charge in [0, 0.05) is 43.8 Å². The van der Waals surface area contributed by atoms with Crippen LogP contribution in [-0.4, -0.2) is 38.2 Å². The van der Waals surface area contributed by atoms with Crippen LogP contribution in [0.25, 0.3) is 0 Å². The molecule has 4 nitrogen and oxygen atoms in total.